The van der Waals surface area contributed by atoms with Crippen LogP contribution < -0.4 is 9.64 Å². The molecule has 9 heteroatoms. The maximum absolute atomic E-state index is 14.6. The second-order valence-corrected chi connectivity index (χ2v) is 11.5. The fraction of sp³-hybridized carbons (Fsp3) is 0.594. The van der Waals surface area contributed by atoms with Crippen molar-refractivity contribution in [1.29, 1.82) is 0 Å². The molecule has 0 aliphatic carbocycles. The van der Waals surface area contributed by atoms with Gasteiger partial charge >= 0.3 is 0 Å². The van der Waals surface area contributed by atoms with Crippen molar-refractivity contribution in [2.24, 2.45) is 11.8 Å². The van der Waals surface area contributed by atoms with Crippen LogP contribution >= 0.6 is 0 Å². The average molecular weight is 568 g/mol. The van der Waals surface area contributed by atoms with Gasteiger partial charge in [0.2, 0.25) is 17.7 Å². The number of amides is 3. The molecule has 0 aromatic heterocycles. The third-order valence-corrected chi connectivity index (χ3v) is 9.01. The lowest BCUT2D eigenvalue weighted by Gasteiger charge is -2.38. The van der Waals surface area contributed by atoms with E-state index in [1.165, 1.54) is 0 Å². The minimum absolute atomic E-state index is 0.115. The van der Waals surface area contributed by atoms with Gasteiger partial charge in [0.25, 0.3) is 0 Å². The van der Waals surface area contributed by atoms with E-state index < -0.39 is 29.1 Å². The third-order valence-electron chi connectivity index (χ3n) is 9.01. The Balaban J connectivity index is 1.79. The molecule has 1 spiro atoms. The zero-order valence-electron chi connectivity index (χ0n) is 24.9. The Morgan fingerprint density at radius 1 is 1.15 bits per heavy atom. The normalized spacial score (nSPS) is 28.1. The largest absolute Gasteiger partial charge is 0.494 e. The molecule has 3 aliphatic heterocycles. The topological polar surface area (TPSA) is 99.6 Å². The Labute approximate surface area is 243 Å². The van der Waals surface area contributed by atoms with Crippen molar-refractivity contribution in [2.45, 2.75) is 76.7 Å². The van der Waals surface area contributed by atoms with Crippen LogP contribution in [0.15, 0.2) is 49.6 Å². The molecule has 3 amide bonds. The molecular weight excluding hydrogens is 522 g/mol. The Morgan fingerprint density at radius 3 is 2.39 bits per heavy atom. The third kappa shape index (κ3) is 5.07. The van der Waals surface area contributed by atoms with Crippen molar-refractivity contribution in [3.05, 3.63) is 49.6 Å². The van der Waals surface area contributed by atoms with Crippen LogP contribution in [0.25, 0.3) is 0 Å². The molecule has 2 bridgehead atoms. The summed E-state index contributed by atoms with van der Waals surface area (Å²) in [6, 6.07) is 6.32. The standard InChI is InChI=1S/C32H45N3O6/c1-7-18-33(22(5)6)30(39)27-32-17-16-31(9-3,41-32)25(26(32)29(38)35(27)20-11-21-36)28(37)34(19-8-2)23-12-14-24(15-13-23)40-10-4/h7-8,12-15,22,25-27,36H,1-2,9-11,16-21H2,3-6H3/t25-,26+,27?,31+,32?/m1/s1. The quantitative estimate of drug-likeness (QED) is 0.345. The van der Waals surface area contributed by atoms with Gasteiger partial charge in [-0.25, -0.2) is 0 Å². The molecule has 0 saturated carbocycles. The van der Waals surface area contributed by atoms with E-state index in [1.807, 2.05) is 52.0 Å². The Morgan fingerprint density at radius 2 is 1.83 bits per heavy atom. The van der Waals surface area contributed by atoms with E-state index in [4.69, 9.17) is 9.47 Å². The first-order chi connectivity index (χ1) is 19.7. The number of anilines is 1. The number of ether oxygens (including phenoxy) is 2. The SMILES string of the molecule is C=CCN(C(=O)[C@H]1[C@H]2C(=O)N(CCCO)C(C(=O)N(CC=C)C(C)C)C23CC[C@]1(CC)O3)c1ccc(OCC)cc1. The monoisotopic (exact) mass is 567 g/mol. The summed E-state index contributed by atoms with van der Waals surface area (Å²) in [5.74, 6) is -1.53. The number of aliphatic hydroxyl groups excluding tert-OH is 1. The zero-order valence-corrected chi connectivity index (χ0v) is 24.9. The summed E-state index contributed by atoms with van der Waals surface area (Å²) in [6.07, 6.45) is 5.31. The molecule has 2 unspecified atom stereocenters. The second kappa shape index (κ2) is 12.4. The molecule has 5 atom stereocenters. The van der Waals surface area contributed by atoms with E-state index in [1.54, 1.807) is 26.9 Å². The first-order valence-corrected chi connectivity index (χ1v) is 14.8. The smallest absolute Gasteiger partial charge is 0.248 e. The lowest BCUT2D eigenvalue weighted by molar-refractivity contribution is -0.153. The van der Waals surface area contributed by atoms with Gasteiger partial charge in [-0.2, -0.15) is 0 Å². The zero-order chi connectivity index (χ0) is 29.9. The molecule has 3 fully saturated rings. The van der Waals surface area contributed by atoms with Crippen LogP contribution in [0.1, 0.15) is 53.4 Å². The van der Waals surface area contributed by atoms with Gasteiger partial charge in [0, 0.05) is 38.0 Å². The first kappa shape index (κ1) is 30.8. The molecule has 9 nitrogen and oxygen atoms in total. The number of nitrogens with zero attached hydrogens (tertiary/aromatic N) is 3. The van der Waals surface area contributed by atoms with Crippen LogP contribution in [0.4, 0.5) is 5.69 Å². The fourth-order valence-electron chi connectivity index (χ4n) is 7.21. The van der Waals surface area contributed by atoms with Crippen LogP contribution in [0.5, 0.6) is 5.75 Å². The summed E-state index contributed by atoms with van der Waals surface area (Å²) in [7, 11) is 0. The van der Waals surface area contributed by atoms with E-state index in [9.17, 15) is 19.5 Å². The van der Waals surface area contributed by atoms with Gasteiger partial charge in [0.1, 0.15) is 17.4 Å². The maximum Gasteiger partial charge on any atom is 0.248 e. The van der Waals surface area contributed by atoms with Gasteiger partial charge in [-0.1, -0.05) is 19.1 Å². The number of benzene rings is 1. The predicted molar refractivity (Wildman–Crippen MR) is 157 cm³/mol. The highest BCUT2D eigenvalue weighted by Gasteiger charge is 2.79. The minimum atomic E-state index is -1.12. The van der Waals surface area contributed by atoms with Gasteiger partial charge in [-0.15, -0.1) is 13.2 Å². The molecular formula is C32H45N3O6. The van der Waals surface area contributed by atoms with Crippen molar-refractivity contribution < 1.29 is 29.0 Å². The van der Waals surface area contributed by atoms with Crippen molar-refractivity contribution in [3.63, 3.8) is 0 Å². The fourth-order valence-corrected chi connectivity index (χ4v) is 7.21. The van der Waals surface area contributed by atoms with Gasteiger partial charge in [0.05, 0.1) is 24.0 Å². The Hall–Kier alpha value is -3.17. The van der Waals surface area contributed by atoms with E-state index in [0.717, 1.165) is 0 Å². The molecule has 4 rings (SSSR count). The summed E-state index contributed by atoms with van der Waals surface area (Å²) in [4.78, 5) is 48.1. The van der Waals surface area contributed by atoms with Crippen LogP contribution in [-0.4, -0.2) is 88.8 Å². The van der Waals surface area contributed by atoms with Crippen LogP contribution in [0.2, 0.25) is 0 Å². The first-order valence-electron chi connectivity index (χ1n) is 14.8. The summed E-state index contributed by atoms with van der Waals surface area (Å²) in [5, 5.41) is 9.63. The molecule has 3 saturated heterocycles. The highest BCUT2D eigenvalue weighted by molar-refractivity contribution is 6.03. The molecule has 0 radical (unpaired) electrons. The van der Waals surface area contributed by atoms with Crippen molar-refractivity contribution in [3.8, 4) is 5.75 Å². The van der Waals surface area contributed by atoms with Crippen LogP contribution in [0, 0.1) is 11.8 Å². The summed E-state index contributed by atoms with van der Waals surface area (Å²) < 4.78 is 12.5. The highest BCUT2D eigenvalue weighted by atomic mass is 16.5. The Bertz CT molecular complexity index is 1150. The van der Waals surface area contributed by atoms with Crippen LogP contribution in [-0.2, 0) is 19.1 Å². The lowest BCUT2D eigenvalue weighted by Crippen LogP contribution is -2.57. The highest BCUT2D eigenvalue weighted by Crippen LogP contribution is 2.64. The van der Waals surface area contributed by atoms with Gasteiger partial charge in [-0.3, -0.25) is 14.4 Å². The van der Waals surface area contributed by atoms with Gasteiger partial charge < -0.3 is 29.3 Å². The second-order valence-electron chi connectivity index (χ2n) is 11.5. The van der Waals surface area contributed by atoms with E-state index >= 15 is 0 Å². The summed E-state index contributed by atoms with van der Waals surface area (Å²) in [6.45, 7) is 16.7. The van der Waals surface area contributed by atoms with Gasteiger partial charge in [-0.05, 0) is 70.7 Å². The maximum atomic E-state index is 14.6. The number of hydrogen-bond donors (Lipinski definition) is 1. The number of hydrogen-bond acceptors (Lipinski definition) is 6. The summed E-state index contributed by atoms with van der Waals surface area (Å²) in [5.41, 5.74) is -1.30. The molecule has 1 N–H and O–H groups in total. The van der Waals surface area contributed by atoms with Crippen molar-refractivity contribution in [2.75, 3.05) is 37.7 Å². The Kier molecular flexibility index (Phi) is 9.29. The average Bonchev–Trinajstić information content (AvgIpc) is 3.56. The van der Waals surface area contributed by atoms with Crippen molar-refractivity contribution in [1.82, 2.24) is 9.80 Å². The van der Waals surface area contributed by atoms with Crippen LogP contribution in [0.3, 0.4) is 0 Å². The number of carbonyl (C=O) groups excluding carboxylic acids is 3. The molecule has 224 valence electrons. The van der Waals surface area contributed by atoms with Gasteiger partial charge in [0.15, 0.2) is 0 Å². The lowest BCUT2D eigenvalue weighted by atomic mass is 9.64. The predicted octanol–water partition coefficient (Wildman–Crippen LogP) is 3.56. The van der Waals surface area contributed by atoms with E-state index in [2.05, 4.69) is 13.2 Å². The van der Waals surface area contributed by atoms with E-state index in [0.29, 0.717) is 50.3 Å². The number of rotatable bonds is 14. The van der Waals surface area contributed by atoms with Crippen molar-refractivity contribution >= 4 is 23.4 Å². The molecule has 3 aliphatic rings. The summed E-state index contributed by atoms with van der Waals surface area (Å²) >= 11 is 0. The molecule has 1 aromatic carbocycles. The molecule has 1 aromatic rings. The van der Waals surface area contributed by atoms with E-state index in [-0.39, 0.29) is 43.5 Å². The molecule has 41 heavy (non-hydrogen) atoms. The number of fused-ring (bicyclic) bond motifs is 1. The number of carbonyl (C=O) groups is 3. The molecule has 3 heterocycles. The minimum Gasteiger partial charge on any atom is -0.494 e. The number of aliphatic hydroxyl groups is 1. The number of likely N-dealkylation sites (tertiary alicyclic amines) is 1.